The summed E-state index contributed by atoms with van der Waals surface area (Å²) in [6.07, 6.45) is -9.76. The van der Waals surface area contributed by atoms with Gasteiger partial charge in [-0.1, -0.05) is 48.5 Å². The van der Waals surface area contributed by atoms with Gasteiger partial charge in [0.25, 0.3) is 0 Å². The van der Waals surface area contributed by atoms with Gasteiger partial charge in [-0.3, -0.25) is 0 Å². The van der Waals surface area contributed by atoms with E-state index >= 15 is 0 Å². The second-order valence-corrected chi connectivity index (χ2v) is 10.3. The first-order valence-corrected chi connectivity index (χ1v) is 13.5. The van der Waals surface area contributed by atoms with Crippen molar-refractivity contribution in [3.05, 3.63) is 114 Å². The Bertz CT molecular complexity index is 1560. The molecule has 4 aromatic rings. The van der Waals surface area contributed by atoms with E-state index in [0.717, 1.165) is 18.2 Å². The monoisotopic (exact) mass is 647 g/mol. The number of thioether (sulfide) groups is 1. The van der Waals surface area contributed by atoms with Crippen LogP contribution in [-0.2, 0) is 12.7 Å². The largest absolute Gasteiger partial charge is 0.573 e. The van der Waals surface area contributed by atoms with E-state index in [0.29, 0.717) is 0 Å². The Balaban J connectivity index is 1.78. The molecule has 0 saturated heterocycles. The predicted molar refractivity (Wildman–Crippen MR) is 145 cm³/mol. The van der Waals surface area contributed by atoms with Crippen LogP contribution >= 0.6 is 11.8 Å². The van der Waals surface area contributed by atoms with E-state index < -0.39 is 42.0 Å². The lowest BCUT2D eigenvalue weighted by atomic mass is 9.97. The molecule has 14 heteroatoms. The number of anilines is 1. The second kappa shape index (κ2) is 13.3. The van der Waals surface area contributed by atoms with Crippen LogP contribution in [0.2, 0.25) is 0 Å². The first kappa shape index (κ1) is 32.9. The van der Waals surface area contributed by atoms with Crippen LogP contribution in [0.5, 0.6) is 17.2 Å². The van der Waals surface area contributed by atoms with Crippen LogP contribution < -0.4 is 14.4 Å². The summed E-state index contributed by atoms with van der Waals surface area (Å²) in [6.45, 7) is -1.22. The molecule has 4 nitrogen and oxygen atoms in total. The summed E-state index contributed by atoms with van der Waals surface area (Å²) >= 11 is -0.389. The lowest BCUT2D eigenvalue weighted by Crippen LogP contribution is -2.32. The van der Waals surface area contributed by atoms with Crippen LogP contribution in [0.3, 0.4) is 0 Å². The number of hydrogen-bond acceptors (Lipinski definition) is 5. The van der Waals surface area contributed by atoms with Crippen LogP contribution in [0.15, 0.2) is 102 Å². The lowest BCUT2D eigenvalue weighted by molar-refractivity contribution is -0.274. The molecule has 0 heterocycles. The van der Waals surface area contributed by atoms with Crippen molar-refractivity contribution >= 4 is 17.4 Å². The molecule has 0 saturated carbocycles. The predicted octanol–water partition coefficient (Wildman–Crippen LogP) is 9.75. The Morgan fingerprint density at radius 3 is 1.98 bits per heavy atom. The minimum absolute atomic E-state index is 0.0374. The van der Waals surface area contributed by atoms with Crippen molar-refractivity contribution < 1.29 is 54.1 Å². The minimum atomic E-state index is -4.95. The highest BCUT2D eigenvalue weighted by Crippen LogP contribution is 2.42. The molecule has 0 aliphatic carbocycles. The van der Waals surface area contributed by atoms with Gasteiger partial charge in [-0.2, -0.15) is 26.3 Å². The van der Waals surface area contributed by atoms with Crippen molar-refractivity contribution in [2.45, 2.75) is 35.5 Å². The SMILES string of the molecule is OCC(c1ccccc1C(F)(F)F)N(Cc1ccccc1SC(F)(F)F)c1cccc(Oc2cccc(OC(F)(F)F)c2)c1. The first-order chi connectivity index (χ1) is 20.6. The zero-order valence-corrected chi connectivity index (χ0v) is 23.1. The highest BCUT2D eigenvalue weighted by Gasteiger charge is 2.37. The Kier molecular flexibility index (Phi) is 9.94. The smallest absolute Gasteiger partial charge is 0.457 e. The molecule has 0 bridgehead atoms. The Hall–Kier alpha value is -4.04. The number of rotatable bonds is 10. The van der Waals surface area contributed by atoms with Crippen molar-refractivity contribution in [2.24, 2.45) is 0 Å². The van der Waals surface area contributed by atoms with E-state index in [1.54, 1.807) is 0 Å². The summed E-state index contributed by atoms with van der Waals surface area (Å²) in [6, 6.07) is 18.9. The lowest BCUT2D eigenvalue weighted by Gasteiger charge is -2.35. The van der Waals surface area contributed by atoms with Gasteiger partial charge in [0, 0.05) is 29.3 Å². The number of aliphatic hydroxyl groups excluding tert-OH is 1. The highest BCUT2D eigenvalue weighted by molar-refractivity contribution is 8.00. The average Bonchev–Trinajstić information content (AvgIpc) is 2.92. The Morgan fingerprint density at radius 1 is 0.705 bits per heavy atom. The number of aliphatic hydroxyl groups is 1. The molecule has 1 atom stereocenters. The van der Waals surface area contributed by atoms with Gasteiger partial charge < -0.3 is 19.5 Å². The summed E-state index contributed by atoms with van der Waals surface area (Å²) < 4.78 is 130. The fourth-order valence-corrected chi connectivity index (χ4v) is 5.09. The fourth-order valence-electron chi connectivity index (χ4n) is 4.43. The third-order valence-electron chi connectivity index (χ3n) is 6.14. The zero-order valence-electron chi connectivity index (χ0n) is 22.3. The summed E-state index contributed by atoms with van der Waals surface area (Å²) in [7, 11) is 0. The molecule has 44 heavy (non-hydrogen) atoms. The number of benzene rings is 4. The van der Waals surface area contributed by atoms with Crippen molar-refractivity contribution in [1.82, 2.24) is 0 Å². The quantitative estimate of drug-likeness (QED) is 0.137. The summed E-state index contributed by atoms with van der Waals surface area (Å²) in [5, 5.41) is 10.4. The molecule has 4 aromatic carbocycles. The third-order valence-corrected chi connectivity index (χ3v) is 6.99. The zero-order chi connectivity index (χ0) is 32.1. The molecule has 0 spiro atoms. The maximum absolute atomic E-state index is 14.0. The van der Waals surface area contributed by atoms with E-state index in [1.165, 1.54) is 83.8 Å². The molecule has 0 amide bonds. The number of halogens is 9. The standard InChI is InChI=1S/C30H22F9NO3S/c31-28(32,33)25-13-3-2-12-24(25)26(18-41)40(17-19-7-1-4-14-27(19)44-30(37,38)39)20-8-5-9-21(15-20)42-22-10-6-11-23(16-22)43-29(34,35)36/h1-16,26,41H,17-18H2. The molecular formula is C30H22F9NO3S. The third kappa shape index (κ3) is 8.99. The van der Waals surface area contributed by atoms with Crippen molar-refractivity contribution in [3.8, 4) is 17.2 Å². The molecule has 0 aliphatic heterocycles. The molecule has 0 aromatic heterocycles. The van der Waals surface area contributed by atoms with Gasteiger partial charge in [0.1, 0.15) is 17.2 Å². The van der Waals surface area contributed by atoms with Gasteiger partial charge >= 0.3 is 18.0 Å². The maximum atomic E-state index is 14.0. The van der Waals surface area contributed by atoms with E-state index in [9.17, 15) is 44.6 Å². The second-order valence-electron chi connectivity index (χ2n) is 9.19. The van der Waals surface area contributed by atoms with Crippen molar-refractivity contribution in [3.63, 3.8) is 0 Å². The van der Waals surface area contributed by atoms with Gasteiger partial charge in [-0.25, -0.2) is 0 Å². The number of alkyl halides is 9. The topological polar surface area (TPSA) is 41.9 Å². The number of ether oxygens (including phenoxy) is 2. The van der Waals surface area contributed by atoms with Crippen LogP contribution in [0.1, 0.15) is 22.7 Å². The Labute approximate surface area is 249 Å². The normalized spacial score (nSPS) is 13.0. The molecule has 234 valence electrons. The summed E-state index contributed by atoms with van der Waals surface area (Å²) in [4.78, 5) is 1.11. The molecule has 0 radical (unpaired) electrons. The molecule has 0 aliphatic rings. The fraction of sp³-hybridized carbons (Fsp3) is 0.200. The van der Waals surface area contributed by atoms with Gasteiger partial charge in [-0.05, 0) is 59.3 Å². The van der Waals surface area contributed by atoms with Gasteiger partial charge in [0.05, 0.1) is 18.2 Å². The maximum Gasteiger partial charge on any atom is 0.573 e. The van der Waals surface area contributed by atoms with E-state index in [4.69, 9.17) is 4.74 Å². The van der Waals surface area contributed by atoms with Crippen LogP contribution in [0, 0.1) is 0 Å². The van der Waals surface area contributed by atoms with E-state index in [-0.39, 0.29) is 51.5 Å². The highest BCUT2D eigenvalue weighted by atomic mass is 32.2. The van der Waals surface area contributed by atoms with Gasteiger partial charge in [0.2, 0.25) is 0 Å². The number of hydrogen-bond donors (Lipinski definition) is 1. The Morgan fingerprint density at radius 2 is 1.32 bits per heavy atom. The molecule has 1 N–H and O–H groups in total. The van der Waals surface area contributed by atoms with E-state index in [2.05, 4.69) is 4.74 Å². The molecular weight excluding hydrogens is 625 g/mol. The average molecular weight is 648 g/mol. The van der Waals surface area contributed by atoms with Crippen molar-refractivity contribution in [1.29, 1.82) is 0 Å². The first-order valence-electron chi connectivity index (χ1n) is 12.6. The van der Waals surface area contributed by atoms with Crippen LogP contribution in [-0.4, -0.2) is 23.6 Å². The van der Waals surface area contributed by atoms with Gasteiger partial charge in [0.15, 0.2) is 0 Å². The summed E-state index contributed by atoms with van der Waals surface area (Å²) in [5.74, 6) is -0.588. The summed E-state index contributed by atoms with van der Waals surface area (Å²) in [5.41, 5.74) is -5.77. The van der Waals surface area contributed by atoms with Crippen LogP contribution in [0.25, 0.3) is 0 Å². The number of nitrogens with zero attached hydrogens (tertiary/aromatic N) is 1. The molecule has 4 rings (SSSR count). The van der Waals surface area contributed by atoms with Gasteiger partial charge in [-0.15, -0.1) is 13.2 Å². The van der Waals surface area contributed by atoms with Crippen LogP contribution in [0.4, 0.5) is 45.2 Å². The molecule has 1 unspecified atom stereocenters. The molecule has 0 fully saturated rings. The minimum Gasteiger partial charge on any atom is -0.457 e. The van der Waals surface area contributed by atoms with E-state index in [1.807, 2.05) is 0 Å². The van der Waals surface area contributed by atoms with Crippen molar-refractivity contribution in [2.75, 3.05) is 11.5 Å².